The van der Waals surface area contributed by atoms with Gasteiger partial charge >= 0.3 is 5.97 Å². The average Bonchev–Trinajstić information content (AvgIpc) is 3.01. The molecule has 1 fully saturated rings. The molecule has 1 atom stereocenters. The number of rotatable bonds is 2. The average molecular weight is 280 g/mol. The second-order valence-corrected chi connectivity index (χ2v) is 6.13. The molecule has 102 valence electrons. The summed E-state index contributed by atoms with van der Waals surface area (Å²) in [5.74, 6) is -0.139. The number of carboxylic acids is 1. The Bertz CT molecular complexity index is 552. The molecule has 1 aromatic rings. The molecule has 0 bridgehead atoms. The maximum Gasteiger partial charge on any atom is 0.338 e. The number of hydrogen-bond donors (Lipinski definition) is 1. The lowest BCUT2D eigenvalue weighted by molar-refractivity contribution is 0.0691. The quantitative estimate of drug-likeness (QED) is 0.899. The molecule has 1 N–H and O–H groups in total. The maximum atomic E-state index is 12.6. The Morgan fingerprint density at radius 2 is 2.21 bits per heavy atom. The summed E-state index contributed by atoms with van der Waals surface area (Å²) in [6.45, 7) is 3.54. The van der Waals surface area contributed by atoms with E-state index in [0.29, 0.717) is 5.69 Å². The molecular formula is C13H16N2O3S. The van der Waals surface area contributed by atoms with Gasteiger partial charge in [0.1, 0.15) is 5.69 Å². The SMILES string of the molecule is C[C@H]1CCCN1C(=O)c1cc(C(=O)O)c2n1CCS2. The highest BCUT2D eigenvalue weighted by molar-refractivity contribution is 7.99. The summed E-state index contributed by atoms with van der Waals surface area (Å²) < 4.78 is 1.86. The molecule has 6 heteroatoms. The summed E-state index contributed by atoms with van der Waals surface area (Å²) in [6, 6.07) is 1.79. The number of likely N-dealkylation sites (tertiary alicyclic amines) is 1. The first kappa shape index (κ1) is 12.6. The first-order valence-corrected chi connectivity index (χ1v) is 7.48. The van der Waals surface area contributed by atoms with Gasteiger partial charge in [0.25, 0.3) is 5.91 Å². The zero-order valence-corrected chi connectivity index (χ0v) is 11.6. The third kappa shape index (κ3) is 1.94. The molecule has 1 aromatic heterocycles. The monoisotopic (exact) mass is 280 g/mol. The van der Waals surface area contributed by atoms with E-state index in [1.807, 2.05) is 16.4 Å². The van der Waals surface area contributed by atoms with Crippen molar-refractivity contribution in [2.75, 3.05) is 12.3 Å². The second-order valence-electron chi connectivity index (χ2n) is 5.04. The highest BCUT2D eigenvalue weighted by atomic mass is 32.2. The third-order valence-electron chi connectivity index (χ3n) is 3.86. The summed E-state index contributed by atoms with van der Waals surface area (Å²) in [5.41, 5.74) is 0.795. The van der Waals surface area contributed by atoms with Crippen LogP contribution in [0, 0.1) is 0 Å². The Kier molecular flexibility index (Phi) is 3.05. The summed E-state index contributed by atoms with van der Waals surface area (Å²) in [5, 5.41) is 9.93. The minimum Gasteiger partial charge on any atom is -0.478 e. The molecule has 0 aliphatic carbocycles. The van der Waals surface area contributed by atoms with Crippen molar-refractivity contribution in [3.63, 3.8) is 0 Å². The number of carbonyl (C=O) groups is 2. The summed E-state index contributed by atoms with van der Waals surface area (Å²) in [6.07, 6.45) is 2.06. The topological polar surface area (TPSA) is 62.5 Å². The van der Waals surface area contributed by atoms with E-state index in [1.165, 1.54) is 17.8 Å². The predicted octanol–water partition coefficient (Wildman–Crippen LogP) is 1.92. The molecule has 1 amide bonds. The summed E-state index contributed by atoms with van der Waals surface area (Å²) in [7, 11) is 0. The normalized spacial score (nSPS) is 21.7. The first-order valence-electron chi connectivity index (χ1n) is 6.50. The minimum absolute atomic E-state index is 0.0266. The number of aromatic nitrogens is 1. The van der Waals surface area contributed by atoms with Crippen LogP contribution in [0.4, 0.5) is 0 Å². The second kappa shape index (κ2) is 4.59. The fourth-order valence-electron chi connectivity index (χ4n) is 2.85. The zero-order chi connectivity index (χ0) is 13.6. The van der Waals surface area contributed by atoms with Crippen molar-refractivity contribution in [1.29, 1.82) is 0 Å². The molecule has 3 heterocycles. The van der Waals surface area contributed by atoms with Gasteiger partial charge in [-0.15, -0.1) is 11.8 Å². The van der Waals surface area contributed by atoms with Crippen LogP contribution in [-0.2, 0) is 6.54 Å². The van der Waals surface area contributed by atoms with Crippen LogP contribution in [0.15, 0.2) is 11.1 Å². The predicted molar refractivity (Wildman–Crippen MR) is 71.8 cm³/mol. The van der Waals surface area contributed by atoms with E-state index in [9.17, 15) is 14.7 Å². The van der Waals surface area contributed by atoms with Gasteiger partial charge < -0.3 is 14.6 Å². The third-order valence-corrected chi connectivity index (χ3v) is 4.96. The van der Waals surface area contributed by atoms with E-state index in [2.05, 4.69) is 0 Å². The van der Waals surface area contributed by atoms with Crippen LogP contribution < -0.4 is 0 Å². The molecule has 2 aliphatic rings. The first-order chi connectivity index (χ1) is 9.09. The van der Waals surface area contributed by atoms with Crippen molar-refractivity contribution >= 4 is 23.6 Å². The molecule has 19 heavy (non-hydrogen) atoms. The summed E-state index contributed by atoms with van der Waals surface area (Å²) in [4.78, 5) is 25.6. The van der Waals surface area contributed by atoms with Crippen LogP contribution in [-0.4, -0.2) is 44.8 Å². The standard InChI is InChI=1S/C13H16N2O3S/c1-8-3-2-4-14(8)11(16)10-7-9(13(17)18)12-15(10)5-6-19-12/h7-8H,2-6H2,1H3,(H,17,18)/t8-/m0/s1. The molecular weight excluding hydrogens is 264 g/mol. The van der Waals surface area contributed by atoms with E-state index < -0.39 is 5.97 Å². The van der Waals surface area contributed by atoms with Gasteiger partial charge in [0.05, 0.1) is 10.6 Å². The van der Waals surface area contributed by atoms with Gasteiger partial charge in [-0.1, -0.05) is 0 Å². The highest BCUT2D eigenvalue weighted by Crippen LogP contribution is 2.34. The zero-order valence-electron chi connectivity index (χ0n) is 10.8. The minimum atomic E-state index is -0.952. The number of hydrogen-bond acceptors (Lipinski definition) is 3. The fraction of sp³-hybridized carbons (Fsp3) is 0.538. The van der Waals surface area contributed by atoms with Crippen LogP contribution in [0.2, 0.25) is 0 Å². The highest BCUT2D eigenvalue weighted by Gasteiger charge is 2.32. The van der Waals surface area contributed by atoms with Gasteiger partial charge in [-0.2, -0.15) is 0 Å². The van der Waals surface area contributed by atoms with Crippen molar-refractivity contribution in [3.8, 4) is 0 Å². The number of aromatic carboxylic acids is 1. The lowest BCUT2D eigenvalue weighted by Crippen LogP contribution is -2.34. The molecule has 0 saturated carbocycles. The van der Waals surface area contributed by atoms with Gasteiger partial charge in [-0.3, -0.25) is 4.79 Å². The van der Waals surface area contributed by atoms with Crippen molar-refractivity contribution in [2.45, 2.75) is 37.4 Å². The number of fused-ring (bicyclic) bond motifs is 1. The number of amides is 1. The number of thioether (sulfide) groups is 1. The van der Waals surface area contributed by atoms with E-state index in [-0.39, 0.29) is 17.5 Å². The van der Waals surface area contributed by atoms with Crippen LogP contribution >= 0.6 is 11.8 Å². The van der Waals surface area contributed by atoms with E-state index in [0.717, 1.165) is 36.7 Å². The Morgan fingerprint density at radius 3 is 2.84 bits per heavy atom. The van der Waals surface area contributed by atoms with Gasteiger partial charge in [0.2, 0.25) is 0 Å². The Labute approximate surface area is 115 Å². The number of nitrogens with zero attached hydrogens (tertiary/aromatic N) is 2. The molecule has 3 rings (SSSR count). The number of carbonyl (C=O) groups excluding carboxylic acids is 1. The maximum absolute atomic E-state index is 12.6. The van der Waals surface area contributed by atoms with E-state index in [4.69, 9.17) is 0 Å². The van der Waals surface area contributed by atoms with Crippen molar-refractivity contribution in [2.24, 2.45) is 0 Å². The Hall–Kier alpha value is -1.43. The number of carboxylic acid groups (broad SMARTS) is 1. The molecule has 1 saturated heterocycles. The lowest BCUT2D eigenvalue weighted by Gasteiger charge is -2.21. The van der Waals surface area contributed by atoms with Gasteiger partial charge in [0, 0.05) is 24.9 Å². The molecule has 0 aromatic carbocycles. The van der Waals surface area contributed by atoms with Gasteiger partial charge in [-0.05, 0) is 25.8 Å². The van der Waals surface area contributed by atoms with Crippen LogP contribution in [0.3, 0.4) is 0 Å². The smallest absolute Gasteiger partial charge is 0.338 e. The Balaban J connectivity index is 1.99. The van der Waals surface area contributed by atoms with E-state index >= 15 is 0 Å². The molecule has 0 radical (unpaired) electrons. The lowest BCUT2D eigenvalue weighted by atomic mass is 10.2. The van der Waals surface area contributed by atoms with Crippen LogP contribution in [0.1, 0.15) is 40.6 Å². The van der Waals surface area contributed by atoms with Crippen molar-refractivity contribution in [3.05, 3.63) is 17.3 Å². The molecule has 0 unspecified atom stereocenters. The molecule has 5 nitrogen and oxygen atoms in total. The molecule has 2 aliphatic heterocycles. The Morgan fingerprint density at radius 1 is 1.42 bits per heavy atom. The largest absolute Gasteiger partial charge is 0.478 e. The van der Waals surface area contributed by atoms with Gasteiger partial charge in [0.15, 0.2) is 0 Å². The van der Waals surface area contributed by atoms with Crippen molar-refractivity contribution < 1.29 is 14.7 Å². The van der Waals surface area contributed by atoms with Gasteiger partial charge in [-0.25, -0.2) is 4.79 Å². The van der Waals surface area contributed by atoms with E-state index in [1.54, 1.807) is 0 Å². The van der Waals surface area contributed by atoms with Crippen LogP contribution in [0.5, 0.6) is 0 Å². The molecule has 0 spiro atoms. The summed E-state index contributed by atoms with van der Waals surface area (Å²) >= 11 is 1.52. The van der Waals surface area contributed by atoms with Crippen molar-refractivity contribution in [1.82, 2.24) is 9.47 Å². The fourth-order valence-corrected chi connectivity index (χ4v) is 3.97. The van der Waals surface area contributed by atoms with Crippen LogP contribution in [0.25, 0.3) is 0 Å².